The van der Waals surface area contributed by atoms with Gasteiger partial charge in [-0.25, -0.2) is 4.79 Å². The van der Waals surface area contributed by atoms with Crippen LogP contribution < -0.4 is 14.8 Å². The standard InChI is InChI=1S/C21H23N3O4/c1-2-22-21(25)24(12-15-6-4-3-5-7-15)13-17-11-18(23-28-17)16-8-9-19-20(10-16)27-14-26-19/h3-10,17H,2,11-14H2,1H3,(H,22,25). The summed E-state index contributed by atoms with van der Waals surface area (Å²) in [7, 11) is 0. The van der Waals surface area contributed by atoms with Gasteiger partial charge < -0.3 is 24.5 Å². The second-order valence-electron chi connectivity index (χ2n) is 6.74. The van der Waals surface area contributed by atoms with Crippen LogP contribution in [-0.4, -0.2) is 42.6 Å². The van der Waals surface area contributed by atoms with Gasteiger partial charge in [-0.05, 0) is 30.7 Å². The summed E-state index contributed by atoms with van der Waals surface area (Å²) in [5, 5.41) is 7.11. The Morgan fingerprint density at radius 3 is 2.82 bits per heavy atom. The van der Waals surface area contributed by atoms with Gasteiger partial charge in [0.25, 0.3) is 0 Å². The number of nitrogens with zero attached hydrogens (tertiary/aromatic N) is 2. The van der Waals surface area contributed by atoms with Crippen molar-refractivity contribution in [2.45, 2.75) is 26.0 Å². The van der Waals surface area contributed by atoms with Gasteiger partial charge in [-0.3, -0.25) is 0 Å². The molecule has 7 nitrogen and oxygen atoms in total. The smallest absolute Gasteiger partial charge is 0.317 e. The van der Waals surface area contributed by atoms with Gasteiger partial charge in [0.1, 0.15) is 0 Å². The van der Waals surface area contributed by atoms with Crippen LogP contribution in [0.5, 0.6) is 11.5 Å². The molecule has 0 aromatic heterocycles. The van der Waals surface area contributed by atoms with Gasteiger partial charge in [-0.15, -0.1) is 0 Å². The van der Waals surface area contributed by atoms with Crippen LogP contribution in [0.2, 0.25) is 0 Å². The lowest BCUT2D eigenvalue weighted by molar-refractivity contribution is 0.0590. The van der Waals surface area contributed by atoms with Crippen molar-refractivity contribution in [1.29, 1.82) is 0 Å². The molecule has 146 valence electrons. The van der Waals surface area contributed by atoms with Crippen molar-refractivity contribution in [3.8, 4) is 11.5 Å². The highest BCUT2D eigenvalue weighted by Gasteiger charge is 2.27. The van der Waals surface area contributed by atoms with Crippen molar-refractivity contribution < 1.29 is 19.1 Å². The van der Waals surface area contributed by atoms with Gasteiger partial charge >= 0.3 is 6.03 Å². The predicted molar refractivity (Wildman–Crippen MR) is 105 cm³/mol. The number of fused-ring (bicyclic) bond motifs is 1. The summed E-state index contributed by atoms with van der Waals surface area (Å²) in [6.45, 7) is 3.70. The molecule has 2 heterocycles. The van der Waals surface area contributed by atoms with E-state index in [2.05, 4.69) is 10.5 Å². The zero-order valence-corrected chi connectivity index (χ0v) is 15.8. The highest BCUT2D eigenvalue weighted by molar-refractivity contribution is 6.01. The van der Waals surface area contributed by atoms with E-state index in [0.717, 1.165) is 28.3 Å². The van der Waals surface area contributed by atoms with Gasteiger partial charge in [0.2, 0.25) is 6.79 Å². The second kappa shape index (κ2) is 8.21. The van der Waals surface area contributed by atoms with E-state index in [0.29, 0.717) is 26.1 Å². The number of urea groups is 1. The number of amides is 2. The highest BCUT2D eigenvalue weighted by Crippen LogP contribution is 2.33. The maximum absolute atomic E-state index is 12.5. The number of hydrogen-bond donors (Lipinski definition) is 1. The topological polar surface area (TPSA) is 72.4 Å². The SMILES string of the molecule is CCNC(=O)N(Cc1ccccc1)CC1CC(c2ccc3c(c2)OCO3)=NO1. The average molecular weight is 381 g/mol. The molecule has 2 amide bonds. The van der Waals surface area contributed by atoms with Crippen LogP contribution in [0.25, 0.3) is 0 Å². The van der Waals surface area contributed by atoms with Crippen LogP contribution in [0.15, 0.2) is 53.7 Å². The number of nitrogens with one attached hydrogen (secondary N) is 1. The van der Waals surface area contributed by atoms with Crippen LogP contribution in [0.3, 0.4) is 0 Å². The Balaban J connectivity index is 1.41. The molecule has 28 heavy (non-hydrogen) atoms. The van der Waals surface area contributed by atoms with E-state index in [9.17, 15) is 4.79 Å². The number of rotatable bonds is 6. The lowest BCUT2D eigenvalue weighted by atomic mass is 10.0. The molecule has 0 saturated carbocycles. The van der Waals surface area contributed by atoms with Crippen molar-refractivity contribution in [2.24, 2.45) is 5.16 Å². The first-order valence-corrected chi connectivity index (χ1v) is 9.42. The van der Waals surface area contributed by atoms with E-state index < -0.39 is 0 Å². The molecule has 7 heteroatoms. The van der Waals surface area contributed by atoms with Crippen LogP contribution in [0.1, 0.15) is 24.5 Å². The summed E-state index contributed by atoms with van der Waals surface area (Å²) in [6, 6.07) is 15.6. The Morgan fingerprint density at radius 2 is 2.00 bits per heavy atom. The molecule has 1 unspecified atom stereocenters. The monoisotopic (exact) mass is 381 g/mol. The molecular weight excluding hydrogens is 358 g/mol. The van der Waals surface area contributed by atoms with Crippen molar-refractivity contribution in [3.05, 3.63) is 59.7 Å². The zero-order valence-electron chi connectivity index (χ0n) is 15.8. The molecule has 2 aromatic rings. The summed E-state index contributed by atoms with van der Waals surface area (Å²) in [4.78, 5) is 19.9. The van der Waals surface area contributed by atoms with E-state index in [1.807, 2.05) is 55.5 Å². The minimum Gasteiger partial charge on any atom is -0.454 e. The normalized spacial score (nSPS) is 17.0. The molecule has 1 N–H and O–H groups in total. The van der Waals surface area contributed by atoms with E-state index >= 15 is 0 Å². The first kappa shape index (κ1) is 18.2. The van der Waals surface area contributed by atoms with Crippen LogP contribution >= 0.6 is 0 Å². The first-order valence-electron chi connectivity index (χ1n) is 9.42. The fourth-order valence-electron chi connectivity index (χ4n) is 3.30. The van der Waals surface area contributed by atoms with Gasteiger partial charge in [-0.1, -0.05) is 35.5 Å². The third-order valence-corrected chi connectivity index (χ3v) is 4.69. The molecule has 0 aliphatic carbocycles. The third-order valence-electron chi connectivity index (χ3n) is 4.69. The second-order valence-corrected chi connectivity index (χ2v) is 6.74. The van der Waals surface area contributed by atoms with Crippen LogP contribution in [0, 0.1) is 0 Å². The maximum Gasteiger partial charge on any atom is 0.317 e. The molecule has 2 aromatic carbocycles. The zero-order chi connectivity index (χ0) is 19.3. The minimum atomic E-state index is -0.188. The van der Waals surface area contributed by atoms with Gasteiger partial charge in [0, 0.05) is 25.1 Å². The van der Waals surface area contributed by atoms with Crippen LogP contribution in [0.4, 0.5) is 4.79 Å². The summed E-state index contributed by atoms with van der Waals surface area (Å²) in [6.07, 6.45) is 0.441. The molecule has 0 saturated heterocycles. The van der Waals surface area contributed by atoms with E-state index in [-0.39, 0.29) is 18.9 Å². The van der Waals surface area contributed by atoms with E-state index in [1.54, 1.807) is 4.90 Å². The summed E-state index contributed by atoms with van der Waals surface area (Å²) < 4.78 is 10.8. The number of benzene rings is 2. The number of carbonyl (C=O) groups excluding carboxylic acids is 1. The molecule has 2 aliphatic heterocycles. The van der Waals surface area contributed by atoms with Gasteiger partial charge in [0.05, 0.1) is 12.3 Å². The third kappa shape index (κ3) is 4.03. The Hall–Kier alpha value is -3.22. The Kier molecular flexibility index (Phi) is 5.32. The van der Waals surface area contributed by atoms with Crippen molar-refractivity contribution in [3.63, 3.8) is 0 Å². The quantitative estimate of drug-likeness (QED) is 0.834. The fourth-order valence-corrected chi connectivity index (χ4v) is 3.30. The molecule has 0 radical (unpaired) electrons. The van der Waals surface area contributed by atoms with Crippen molar-refractivity contribution in [1.82, 2.24) is 10.2 Å². The van der Waals surface area contributed by atoms with E-state index in [1.165, 1.54) is 0 Å². The van der Waals surface area contributed by atoms with Crippen molar-refractivity contribution >= 4 is 11.7 Å². The molecule has 0 spiro atoms. The number of oxime groups is 1. The highest BCUT2D eigenvalue weighted by atomic mass is 16.7. The summed E-state index contributed by atoms with van der Waals surface area (Å²) in [5.74, 6) is 1.46. The number of ether oxygens (including phenoxy) is 2. The lowest BCUT2D eigenvalue weighted by Crippen LogP contribution is -2.43. The fraction of sp³-hybridized carbons (Fsp3) is 0.333. The Bertz CT molecular complexity index is 869. The molecular formula is C21H23N3O4. The number of carbonyl (C=O) groups is 1. The Labute approximate surface area is 163 Å². The van der Waals surface area contributed by atoms with Crippen LogP contribution in [-0.2, 0) is 11.4 Å². The average Bonchev–Trinajstić information content (AvgIpc) is 3.37. The summed E-state index contributed by atoms with van der Waals surface area (Å²) in [5.41, 5.74) is 2.86. The molecule has 1 atom stereocenters. The van der Waals surface area contributed by atoms with Gasteiger partial charge in [0.15, 0.2) is 17.6 Å². The lowest BCUT2D eigenvalue weighted by Gasteiger charge is -2.25. The Morgan fingerprint density at radius 1 is 1.18 bits per heavy atom. The molecule has 4 rings (SSSR count). The number of hydrogen-bond acceptors (Lipinski definition) is 5. The molecule has 0 fully saturated rings. The van der Waals surface area contributed by atoms with Crippen molar-refractivity contribution in [2.75, 3.05) is 19.9 Å². The first-order chi connectivity index (χ1) is 13.7. The molecule has 2 aliphatic rings. The largest absolute Gasteiger partial charge is 0.454 e. The predicted octanol–water partition coefficient (Wildman–Crippen LogP) is 3.14. The minimum absolute atomic E-state index is 0.105. The molecule has 0 bridgehead atoms. The summed E-state index contributed by atoms with van der Waals surface area (Å²) >= 11 is 0. The van der Waals surface area contributed by atoms with E-state index in [4.69, 9.17) is 14.3 Å². The maximum atomic E-state index is 12.5. The van der Waals surface area contributed by atoms with Gasteiger partial charge in [-0.2, -0.15) is 0 Å².